The number of rotatable bonds is 4. The number of ether oxygens (including phenoxy) is 2. The van der Waals surface area contributed by atoms with Gasteiger partial charge < -0.3 is 19.4 Å². The summed E-state index contributed by atoms with van der Waals surface area (Å²) in [6.07, 6.45) is 0. The molecule has 24 heavy (non-hydrogen) atoms. The van der Waals surface area contributed by atoms with Crippen LogP contribution in [0.3, 0.4) is 0 Å². The van der Waals surface area contributed by atoms with E-state index in [0.29, 0.717) is 0 Å². The van der Waals surface area contributed by atoms with Crippen LogP contribution in [0.4, 0.5) is 4.79 Å². The third-order valence-corrected chi connectivity index (χ3v) is 3.76. The van der Waals surface area contributed by atoms with Gasteiger partial charge in [0, 0.05) is 0 Å². The first-order valence-corrected chi connectivity index (χ1v) is 6.99. The molecule has 1 aromatic rings. The number of nitrogens with one attached hydrogen (secondary N) is 1. The van der Waals surface area contributed by atoms with Crippen molar-refractivity contribution in [3.63, 3.8) is 0 Å². The summed E-state index contributed by atoms with van der Waals surface area (Å²) < 4.78 is 9.15. The van der Waals surface area contributed by atoms with Crippen molar-refractivity contribution in [1.82, 2.24) is 5.32 Å². The molecule has 1 N–H and O–H groups in total. The molecule has 1 aliphatic rings. The molecular formula is C16H20N2O6. The lowest BCUT2D eigenvalue weighted by atomic mass is 10.2. The fraction of sp³-hybridized carbons (Fsp3) is 0.312. The van der Waals surface area contributed by atoms with Crippen molar-refractivity contribution in [3.05, 3.63) is 36.5 Å². The van der Waals surface area contributed by atoms with E-state index in [9.17, 15) is 19.5 Å². The quantitative estimate of drug-likeness (QED) is 0.473. The van der Waals surface area contributed by atoms with Gasteiger partial charge in [-0.3, -0.25) is 5.32 Å². The zero-order chi connectivity index (χ0) is 18.5. The SMILES string of the molecule is C=C1NC(=O)[N+](C)(C(C)C(=O)[O-])C1=O.COc1ccccc1OC. The number of hydrogen-bond donors (Lipinski definition) is 1. The van der Waals surface area contributed by atoms with E-state index in [1.54, 1.807) is 14.2 Å². The maximum atomic E-state index is 11.5. The second-order valence-electron chi connectivity index (χ2n) is 5.14. The van der Waals surface area contributed by atoms with Gasteiger partial charge in [0.2, 0.25) is 0 Å². The van der Waals surface area contributed by atoms with Crippen LogP contribution in [-0.4, -0.2) is 49.7 Å². The first-order valence-electron chi connectivity index (χ1n) is 6.99. The number of para-hydroxylation sites is 2. The summed E-state index contributed by atoms with van der Waals surface area (Å²) in [5.41, 5.74) is -0.0920. The zero-order valence-electron chi connectivity index (χ0n) is 14.0. The molecule has 0 bridgehead atoms. The summed E-state index contributed by atoms with van der Waals surface area (Å²) >= 11 is 0. The highest BCUT2D eigenvalue weighted by Gasteiger charge is 2.53. The Morgan fingerprint density at radius 3 is 1.96 bits per heavy atom. The number of urea groups is 1. The summed E-state index contributed by atoms with van der Waals surface area (Å²) in [5.74, 6) is -0.563. The molecule has 8 nitrogen and oxygen atoms in total. The van der Waals surface area contributed by atoms with Crippen LogP contribution in [0.15, 0.2) is 36.5 Å². The number of carboxylic acids is 1. The second-order valence-corrected chi connectivity index (χ2v) is 5.14. The number of imide groups is 1. The van der Waals surface area contributed by atoms with Crippen LogP contribution >= 0.6 is 0 Å². The molecule has 1 saturated heterocycles. The summed E-state index contributed by atoms with van der Waals surface area (Å²) in [5, 5.41) is 12.8. The molecule has 1 heterocycles. The molecule has 0 radical (unpaired) electrons. The molecule has 0 aromatic heterocycles. The van der Waals surface area contributed by atoms with E-state index in [2.05, 4.69) is 11.9 Å². The van der Waals surface area contributed by atoms with Crippen molar-refractivity contribution in [2.45, 2.75) is 13.0 Å². The van der Waals surface area contributed by atoms with E-state index >= 15 is 0 Å². The van der Waals surface area contributed by atoms with Crippen molar-refractivity contribution in [2.75, 3.05) is 21.3 Å². The van der Waals surface area contributed by atoms with Crippen LogP contribution in [0.5, 0.6) is 11.5 Å². The van der Waals surface area contributed by atoms with Crippen LogP contribution in [0.2, 0.25) is 0 Å². The molecule has 2 unspecified atom stereocenters. The highest BCUT2D eigenvalue weighted by molar-refractivity contribution is 6.03. The Morgan fingerprint density at radius 1 is 1.21 bits per heavy atom. The van der Waals surface area contributed by atoms with Crippen molar-refractivity contribution in [3.8, 4) is 11.5 Å². The third kappa shape index (κ3) is 3.54. The maximum absolute atomic E-state index is 11.5. The third-order valence-electron chi connectivity index (χ3n) is 3.76. The summed E-state index contributed by atoms with van der Waals surface area (Å²) in [6, 6.07) is 5.60. The van der Waals surface area contributed by atoms with Gasteiger partial charge in [0.25, 0.3) is 0 Å². The molecule has 0 aliphatic carbocycles. The number of nitrogens with zero attached hydrogens (tertiary/aromatic N) is 1. The van der Waals surface area contributed by atoms with Gasteiger partial charge in [-0.25, -0.2) is 9.59 Å². The molecular weight excluding hydrogens is 316 g/mol. The van der Waals surface area contributed by atoms with Gasteiger partial charge in [0.15, 0.2) is 11.5 Å². The first-order chi connectivity index (χ1) is 11.2. The number of aliphatic carboxylic acids is 1. The van der Waals surface area contributed by atoms with Gasteiger partial charge in [0.1, 0.15) is 17.7 Å². The fourth-order valence-corrected chi connectivity index (χ4v) is 2.02. The predicted octanol–water partition coefficient (Wildman–Crippen LogP) is 0.0387. The van der Waals surface area contributed by atoms with E-state index in [-0.39, 0.29) is 5.70 Å². The Morgan fingerprint density at radius 2 is 1.67 bits per heavy atom. The smallest absolute Gasteiger partial charge is 0.429 e. The van der Waals surface area contributed by atoms with Gasteiger partial charge in [-0.1, -0.05) is 18.7 Å². The molecule has 130 valence electrons. The predicted molar refractivity (Wildman–Crippen MR) is 82.9 cm³/mol. The Bertz CT molecular complexity index is 649. The van der Waals surface area contributed by atoms with Gasteiger partial charge >= 0.3 is 11.9 Å². The summed E-state index contributed by atoms with van der Waals surface area (Å²) in [6.45, 7) is 4.55. The lowest BCUT2D eigenvalue weighted by molar-refractivity contribution is -0.764. The number of likely N-dealkylation sites (N-methyl/N-ethyl adjacent to an activating group) is 1. The summed E-state index contributed by atoms with van der Waals surface area (Å²) in [7, 11) is 4.46. The highest BCUT2D eigenvalue weighted by atomic mass is 16.5. The van der Waals surface area contributed by atoms with Crippen LogP contribution in [0.1, 0.15) is 6.92 Å². The number of benzene rings is 1. The monoisotopic (exact) mass is 336 g/mol. The molecule has 1 aromatic carbocycles. The normalized spacial score (nSPS) is 20.6. The topological polar surface area (TPSA) is 105 Å². The van der Waals surface area contributed by atoms with Crippen molar-refractivity contribution < 1.29 is 33.4 Å². The number of methoxy groups -OCH3 is 2. The first kappa shape index (κ1) is 19.2. The molecule has 2 rings (SSSR count). The maximum Gasteiger partial charge on any atom is 0.429 e. The fourth-order valence-electron chi connectivity index (χ4n) is 2.02. The largest absolute Gasteiger partial charge is 0.544 e. The van der Waals surface area contributed by atoms with Crippen molar-refractivity contribution in [2.24, 2.45) is 0 Å². The lowest BCUT2D eigenvalue weighted by Gasteiger charge is -2.28. The van der Waals surface area contributed by atoms with Crippen LogP contribution in [0.25, 0.3) is 0 Å². The van der Waals surface area contributed by atoms with Gasteiger partial charge in [0.05, 0.1) is 21.3 Å². The standard InChI is InChI=1S/C8H10N2O4.C8H10O2/c1-4-6(11)10(3,8(14)9-4)5(2)7(12)13;1-9-7-5-3-4-6-8(7)10-2/h5H,1H2,2-3H3,(H-,9,12,13,14);3-6H,1-2H3. The minimum absolute atomic E-state index is 0.0920. The molecule has 3 amide bonds. The lowest BCUT2D eigenvalue weighted by Crippen LogP contribution is -2.61. The van der Waals surface area contributed by atoms with Crippen molar-refractivity contribution >= 4 is 17.9 Å². The Hall–Kier alpha value is -2.87. The number of carbonyl (C=O) groups is 3. The minimum atomic E-state index is -1.45. The second kappa shape index (κ2) is 7.60. The highest BCUT2D eigenvalue weighted by Crippen LogP contribution is 2.24. The minimum Gasteiger partial charge on any atom is -0.544 e. The molecule has 1 fully saturated rings. The Balaban J connectivity index is 0.000000254. The van der Waals surface area contributed by atoms with E-state index in [0.717, 1.165) is 11.5 Å². The summed E-state index contributed by atoms with van der Waals surface area (Å²) in [4.78, 5) is 33.4. The molecule has 0 spiro atoms. The average molecular weight is 336 g/mol. The van der Waals surface area contributed by atoms with E-state index in [1.807, 2.05) is 24.3 Å². The Labute approximate surface area is 139 Å². The van der Waals surface area contributed by atoms with Crippen molar-refractivity contribution in [1.29, 1.82) is 0 Å². The van der Waals surface area contributed by atoms with Crippen LogP contribution in [0, 0.1) is 0 Å². The van der Waals surface area contributed by atoms with Gasteiger partial charge in [-0.2, -0.15) is 4.48 Å². The average Bonchev–Trinajstić information content (AvgIpc) is 2.78. The Kier molecular flexibility index (Phi) is 6.07. The number of amides is 3. The number of quaternary nitrogens is 1. The number of hydrogen-bond acceptors (Lipinski definition) is 6. The molecule has 1 aliphatic heterocycles. The zero-order valence-corrected chi connectivity index (χ0v) is 14.0. The van der Waals surface area contributed by atoms with E-state index < -0.39 is 28.4 Å². The molecule has 0 saturated carbocycles. The van der Waals surface area contributed by atoms with E-state index in [4.69, 9.17) is 9.47 Å². The van der Waals surface area contributed by atoms with Crippen LogP contribution < -0.4 is 19.9 Å². The van der Waals surface area contributed by atoms with Gasteiger partial charge in [-0.15, -0.1) is 0 Å². The van der Waals surface area contributed by atoms with E-state index in [1.165, 1.54) is 14.0 Å². The molecule has 2 atom stereocenters. The molecule has 8 heteroatoms. The number of carbonyl (C=O) groups excluding carboxylic acids is 3. The number of carboxylic acid groups (broad SMARTS) is 1. The van der Waals surface area contributed by atoms with Crippen LogP contribution in [-0.2, 0) is 9.59 Å². The van der Waals surface area contributed by atoms with Gasteiger partial charge in [-0.05, 0) is 19.1 Å².